The Kier molecular flexibility index (Phi) is 8.11. The summed E-state index contributed by atoms with van der Waals surface area (Å²) in [5, 5.41) is 16.1. The van der Waals surface area contributed by atoms with Crippen LogP contribution in [0, 0.1) is 5.41 Å². The highest BCUT2D eigenvalue weighted by Crippen LogP contribution is 2.31. The van der Waals surface area contributed by atoms with Gasteiger partial charge in [-0.05, 0) is 42.7 Å². The van der Waals surface area contributed by atoms with E-state index in [4.69, 9.17) is 9.73 Å². The molecule has 5 heteroatoms. The van der Waals surface area contributed by atoms with Crippen LogP contribution in [-0.2, 0) is 16.7 Å². The Morgan fingerprint density at radius 3 is 2.52 bits per heavy atom. The summed E-state index contributed by atoms with van der Waals surface area (Å²) in [6.07, 6.45) is 2.86. The van der Waals surface area contributed by atoms with Gasteiger partial charge in [0.05, 0.1) is 13.2 Å². The second kappa shape index (κ2) is 10.1. The number of nitrogens with zero attached hydrogens (tertiary/aromatic N) is 1. The van der Waals surface area contributed by atoms with Gasteiger partial charge in [0.15, 0.2) is 5.96 Å². The summed E-state index contributed by atoms with van der Waals surface area (Å²) >= 11 is 0. The maximum absolute atomic E-state index is 9.38. The fraction of sp³-hybridized carbons (Fsp3) is 0.682. The fourth-order valence-corrected chi connectivity index (χ4v) is 3.36. The Hall–Kier alpha value is -1.59. The van der Waals surface area contributed by atoms with Crippen molar-refractivity contribution in [2.45, 2.75) is 58.9 Å². The van der Waals surface area contributed by atoms with Gasteiger partial charge in [-0.1, -0.05) is 45.0 Å². The molecule has 0 aromatic heterocycles. The number of ether oxygens (including phenoxy) is 1. The number of aliphatic imine (C=N–C) groups is 1. The predicted octanol–water partition coefficient (Wildman–Crippen LogP) is 3.22. The van der Waals surface area contributed by atoms with Crippen molar-refractivity contribution in [2.24, 2.45) is 10.4 Å². The second-order valence-electron chi connectivity index (χ2n) is 8.26. The summed E-state index contributed by atoms with van der Waals surface area (Å²) in [4.78, 5) is 4.74. The van der Waals surface area contributed by atoms with Crippen molar-refractivity contribution in [1.29, 1.82) is 0 Å². The Morgan fingerprint density at radius 1 is 1.22 bits per heavy atom. The van der Waals surface area contributed by atoms with Crippen LogP contribution in [0.4, 0.5) is 0 Å². The monoisotopic (exact) mass is 375 g/mol. The number of hydrogen-bond donors (Lipinski definition) is 3. The van der Waals surface area contributed by atoms with Gasteiger partial charge >= 0.3 is 0 Å². The van der Waals surface area contributed by atoms with Crippen LogP contribution >= 0.6 is 0 Å². The van der Waals surface area contributed by atoms with E-state index in [1.807, 2.05) is 0 Å². The Bertz CT molecular complexity index is 590. The highest BCUT2D eigenvalue weighted by Gasteiger charge is 2.34. The minimum Gasteiger partial charge on any atom is -0.396 e. The van der Waals surface area contributed by atoms with Crippen LogP contribution in [0.1, 0.15) is 58.1 Å². The lowest BCUT2D eigenvalue weighted by atomic mass is 9.82. The van der Waals surface area contributed by atoms with E-state index in [0.717, 1.165) is 44.9 Å². The molecule has 3 N–H and O–H groups in total. The first-order valence-electron chi connectivity index (χ1n) is 10.2. The largest absolute Gasteiger partial charge is 0.396 e. The van der Waals surface area contributed by atoms with E-state index >= 15 is 0 Å². The number of rotatable bonds is 9. The van der Waals surface area contributed by atoms with Crippen LogP contribution in [0.25, 0.3) is 0 Å². The van der Waals surface area contributed by atoms with Crippen LogP contribution in [0.15, 0.2) is 29.3 Å². The molecule has 1 fully saturated rings. The number of aliphatic hydroxyl groups excluding tert-OH is 1. The molecule has 0 saturated carbocycles. The lowest BCUT2D eigenvalue weighted by Crippen LogP contribution is -2.44. The molecule has 2 rings (SSSR count). The number of benzene rings is 1. The third-order valence-corrected chi connectivity index (χ3v) is 5.84. The van der Waals surface area contributed by atoms with Gasteiger partial charge in [-0.2, -0.15) is 0 Å². The van der Waals surface area contributed by atoms with Gasteiger partial charge in [0.1, 0.15) is 0 Å². The molecule has 0 amide bonds. The minimum absolute atomic E-state index is 0.0122. The molecule has 1 heterocycles. The lowest BCUT2D eigenvalue weighted by Gasteiger charge is -2.27. The summed E-state index contributed by atoms with van der Waals surface area (Å²) in [7, 11) is 0. The zero-order chi connectivity index (χ0) is 19.8. The number of hydrogen-bond acceptors (Lipinski definition) is 3. The van der Waals surface area contributed by atoms with Crippen molar-refractivity contribution in [1.82, 2.24) is 10.6 Å². The molecular formula is C22H37N3O2. The summed E-state index contributed by atoms with van der Waals surface area (Å²) in [6.45, 7) is 12.8. The topological polar surface area (TPSA) is 65.9 Å². The molecule has 0 aliphatic carbocycles. The van der Waals surface area contributed by atoms with Crippen molar-refractivity contribution >= 4 is 5.96 Å². The fourth-order valence-electron chi connectivity index (χ4n) is 3.36. The van der Waals surface area contributed by atoms with E-state index in [0.29, 0.717) is 13.2 Å². The SMILES string of the molecule is CCNC(=NCc1ccc(C(C)(C)CC)cc1)NCC1(CCO)CCOC1. The highest BCUT2D eigenvalue weighted by molar-refractivity contribution is 5.79. The second-order valence-corrected chi connectivity index (χ2v) is 8.26. The van der Waals surface area contributed by atoms with Gasteiger partial charge in [0.2, 0.25) is 0 Å². The average Bonchev–Trinajstić information content (AvgIpc) is 3.13. The first kappa shape index (κ1) is 21.7. The molecule has 5 nitrogen and oxygen atoms in total. The Balaban J connectivity index is 1.98. The van der Waals surface area contributed by atoms with Crippen molar-refractivity contribution in [3.8, 4) is 0 Å². The van der Waals surface area contributed by atoms with E-state index in [-0.39, 0.29) is 17.4 Å². The maximum atomic E-state index is 9.38. The standard InChI is InChI=1S/C22H37N3O2/c1-5-21(3,4)19-9-7-18(8-10-19)15-24-20(23-6-2)25-16-22(11-13-26)12-14-27-17-22/h7-10,26H,5-6,11-17H2,1-4H3,(H2,23,24,25). The van der Waals surface area contributed by atoms with E-state index in [9.17, 15) is 5.11 Å². The van der Waals surface area contributed by atoms with Crippen LogP contribution in [0.3, 0.4) is 0 Å². The maximum Gasteiger partial charge on any atom is 0.191 e. The van der Waals surface area contributed by atoms with Crippen molar-refractivity contribution < 1.29 is 9.84 Å². The van der Waals surface area contributed by atoms with Gasteiger partial charge in [0.25, 0.3) is 0 Å². The summed E-state index contributed by atoms with van der Waals surface area (Å²) < 4.78 is 5.57. The highest BCUT2D eigenvalue weighted by atomic mass is 16.5. The molecule has 1 saturated heterocycles. The number of nitrogens with one attached hydrogen (secondary N) is 2. The zero-order valence-corrected chi connectivity index (χ0v) is 17.5. The lowest BCUT2D eigenvalue weighted by molar-refractivity contribution is 0.127. The van der Waals surface area contributed by atoms with Crippen LogP contribution in [0.2, 0.25) is 0 Å². The smallest absolute Gasteiger partial charge is 0.191 e. The third-order valence-electron chi connectivity index (χ3n) is 5.84. The number of aliphatic hydroxyl groups is 1. The summed E-state index contributed by atoms with van der Waals surface area (Å²) in [6, 6.07) is 8.80. The normalized spacial score (nSPS) is 20.7. The quantitative estimate of drug-likeness (QED) is 0.458. The molecule has 0 bridgehead atoms. The molecule has 1 aromatic rings. The molecule has 1 atom stereocenters. The molecule has 1 aliphatic heterocycles. The van der Waals surface area contributed by atoms with E-state index < -0.39 is 0 Å². The zero-order valence-electron chi connectivity index (χ0n) is 17.5. The van der Waals surface area contributed by atoms with E-state index in [2.05, 4.69) is 62.6 Å². The van der Waals surface area contributed by atoms with Crippen LogP contribution in [-0.4, -0.2) is 44.0 Å². The summed E-state index contributed by atoms with van der Waals surface area (Å²) in [5.74, 6) is 0.819. The molecular weight excluding hydrogens is 338 g/mol. The van der Waals surface area contributed by atoms with Gasteiger partial charge in [-0.25, -0.2) is 4.99 Å². The third kappa shape index (κ3) is 6.22. The van der Waals surface area contributed by atoms with Gasteiger partial charge in [0, 0.05) is 31.7 Å². The van der Waals surface area contributed by atoms with Crippen molar-refractivity contribution in [3.63, 3.8) is 0 Å². The van der Waals surface area contributed by atoms with E-state index in [1.165, 1.54) is 11.1 Å². The van der Waals surface area contributed by atoms with Crippen LogP contribution < -0.4 is 10.6 Å². The molecule has 1 aromatic carbocycles. The van der Waals surface area contributed by atoms with Crippen molar-refractivity contribution in [3.05, 3.63) is 35.4 Å². The van der Waals surface area contributed by atoms with E-state index in [1.54, 1.807) is 0 Å². The molecule has 1 unspecified atom stereocenters. The van der Waals surface area contributed by atoms with Crippen molar-refractivity contribution in [2.75, 3.05) is 32.9 Å². The first-order chi connectivity index (χ1) is 12.9. The molecule has 0 spiro atoms. The number of guanidine groups is 1. The van der Waals surface area contributed by atoms with Gasteiger partial charge in [-0.15, -0.1) is 0 Å². The van der Waals surface area contributed by atoms with Gasteiger partial charge in [-0.3, -0.25) is 0 Å². The molecule has 27 heavy (non-hydrogen) atoms. The Morgan fingerprint density at radius 2 is 1.96 bits per heavy atom. The van der Waals surface area contributed by atoms with Crippen LogP contribution in [0.5, 0.6) is 0 Å². The molecule has 1 aliphatic rings. The minimum atomic E-state index is 0.0122. The average molecular weight is 376 g/mol. The first-order valence-corrected chi connectivity index (χ1v) is 10.2. The molecule has 0 radical (unpaired) electrons. The molecule has 152 valence electrons. The predicted molar refractivity (Wildman–Crippen MR) is 112 cm³/mol. The Labute approximate surface area is 164 Å². The van der Waals surface area contributed by atoms with Gasteiger partial charge < -0.3 is 20.5 Å². The summed E-state index contributed by atoms with van der Waals surface area (Å²) in [5.41, 5.74) is 2.80.